The van der Waals surface area contributed by atoms with Crippen molar-refractivity contribution in [1.82, 2.24) is 10.6 Å². The smallest absolute Gasteiger partial charge is 0.257 e. The number of carbonyl (C=O) groups excluding carboxylic acids is 1. The van der Waals surface area contributed by atoms with E-state index in [1.165, 1.54) is 0 Å². The molecule has 19 heavy (non-hydrogen) atoms. The molecule has 0 saturated heterocycles. The van der Waals surface area contributed by atoms with Gasteiger partial charge in [-0.05, 0) is 50.7 Å². The van der Waals surface area contributed by atoms with Crippen LogP contribution in [0.25, 0.3) is 0 Å². The molecule has 1 amide bonds. The topological polar surface area (TPSA) is 50.4 Å². The Hall–Kier alpha value is -1.62. The predicted molar refractivity (Wildman–Crippen MR) is 80.6 cm³/mol. The Labute approximate surface area is 119 Å². The quantitative estimate of drug-likeness (QED) is 0.814. The van der Waals surface area contributed by atoms with Gasteiger partial charge in [0.1, 0.15) is 5.75 Å². The lowest BCUT2D eigenvalue weighted by atomic mass is 10.2. The van der Waals surface area contributed by atoms with Gasteiger partial charge in [0.15, 0.2) is 5.11 Å². The van der Waals surface area contributed by atoms with Crippen molar-refractivity contribution in [2.75, 3.05) is 6.61 Å². The molecule has 0 aliphatic carbocycles. The van der Waals surface area contributed by atoms with Crippen molar-refractivity contribution in [3.8, 4) is 5.75 Å². The summed E-state index contributed by atoms with van der Waals surface area (Å²) in [6.45, 7) is 6.53. The molecule has 0 spiro atoms. The third kappa shape index (κ3) is 5.26. The summed E-state index contributed by atoms with van der Waals surface area (Å²) in [6, 6.07) is 7.26. The van der Waals surface area contributed by atoms with Gasteiger partial charge in [-0.1, -0.05) is 13.0 Å². The number of amides is 1. The fraction of sp³-hybridized carbons (Fsp3) is 0.429. The maximum Gasteiger partial charge on any atom is 0.257 e. The van der Waals surface area contributed by atoms with Crippen molar-refractivity contribution in [2.24, 2.45) is 0 Å². The Morgan fingerprint density at radius 3 is 2.79 bits per heavy atom. The Morgan fingerprint density at radius 2 is 2.16 bits per heavy atom. The molecule has 1 unspecified atom stereocenters. The summed E-state index contributed by atoms with van der Waals surface area (Å²) in [5.74, 6) is 0.443. The van der Waals surface area contributed by atoms with Crippen LogP contribution in [0.3, 0.4) is 0 Å². The molecule has 0 heterocycles. The second-order valence-corrected chi connectivity index (χ2v) is 4.61. The molecule has 5 heteroatoms. The molecule has 1 aromatic carbocycles. The van der Waals surface area contributed by atoms with Gasteiger partial charge in [-0.2, -0.15) is 0 Å². The molecule has 0 bridgehead atoms. The third-order valence-corrected chi connectivity index (χ3v) is 2.84. The highest BCUT2D eigenvalue weighted by atomic mass is 32.1. The van der Waals surface area contributed by atoms with E-state index in [4.69, 9.17) is 17.0 Å². The third-order valence-electron chi connectivity index (χ3n) is 2.62. The lowest BCUT2D eigenvalue weighted by molar-refractivity contribution is 0.0976. The molecule has 104 valence electrons. The number of hydrogen-bond donors (Lipinski definition) is 2. The first-order chi connectivity index (χ1) is 9.06. The van der Waals surface area contributed by atoms with Gasteiger partial charge >= 0.3 is 0 Å². The second-order valence-electron chi connectivity index (χ2n) is 4.20. The zero-order chi connectivity index (χ0) is 14.3. The summed E-state index contributed by atoms with van der Waals surface area (Å²) >= 11 is 5.08. The van der Waals surface area contributed by atoms with E-state index in [1.807, 2.05) is 26.8 Å². The number of ether oxygens (including phenoxy) is 1. The van der Waals surface area contributed by atoms with Gasteiger partial charge in [-0.3, -0.25) is 10.1 Å². The average molecular weight is 280 g/mol. The molecule has 0 aliphatic rings. The highest BCUT2D eigenvalue weighted by Gasteiger charge is 2.09. The maximum atomic E-state index is 12.0. The number of thiocarbonyl (C=S) groups is 1. The van der Waals surface area contributed by atoms with Gasteiger partial charge < -0.3 is 10.1 Å². The van der Waals surface area contributed by atoms with Crippen LogP contribution in [-0.2, 0) is 0 Å². The zero-order valence-electron chi connectivity index (χ0n) is 11.5. The molecule has 0 saturated carbocycles. The van der Waals surface area contributed by atoms with Crippen LogP contribution in [0, 0.1) is 0 Å². The largest absolute Gasteiger partial charge is 0.494 e. The number of rotatable bonds is 5. The second kappa shape index (κ2) is 7.74. The Balaban J connectivity index is 2.62. The number of nitrogens with one attached hydrogen (secondary N) is 2. The molecule has 0 aliphatic heterocycles. The van der Waals surface area contributed by atoms with Gasteiger partial charge in [0.05, 0.1) is 6.61 Å². The van der Waals surface area contributed by atoms with E-state index in [9.17, 15) is 4.79 Å². The Kier molecular flexibility index (Phi) is 6.29. The highest BCUT2D eigenvalue weighted by molar-refractivity contribution is 7.80. The number of benzene rings is 1. The zero-order valence-corrected chi connectivity index (χ0v) is 12.3. The minimum Gasteiger partial charge on any atom is -0.494 e. The van der Waals surface area contributed by atoms with Crippen LogP contribution in [0.15, 0.2) is 24.3 Å². The lowest BCUT2D eigenvalue weighted by Gasteiger charge is -2.14. The van der Waals surface area contributed by atoms with Crippen LogP contribution in [0.1, 0.15) is 37.6 Å². The summed E-state index contributed by atoms with van der Waals surface area (Å²) < 4.78 is 5.36. The molecule has 0 aromatic heterocycles. The van der Waals surface area contributed by atoms with E-state index in [0.29, 0.717) is 23.0 Å². The van der Waals surface area contributed by atoms with Gasteiger partial charge in [0, 0.05) is 11.6 Å². The van der Waals surface area contributed by atoms with Crippen molar-refractivity contribution in [1.29, 1.82) is 0 Å². The molecule has 1 rings (SSSR count). The SMILES string of the molecule is CCOc1cccc(C(=O)NC(=S)NC(C)CC)c1. The first-order valence-electron chi connectivity index (χ1n) is 6.41. The van der Waals surface area contributed by atoms with Crippen molar-refractivity contribution in [3.05, 3.63) is 29.8 Å². The molecular formula is C14H20N2O2S. The minimum atomic E-state index is -0.234. The van der Waals surface area contributed by atoms with Crippen molar-refractivity contribution in [3.63, 3.8) is 0 Å². The van der Waals surface area contributed by atoms with Gasteiger partial charge in [-0.25, -0.2) is 0 Å². The van der Waals surface area contributed by atoms with Crippen LogP contribution >= 0.6 is 12.2 Å². The van der Waals surface area contributed by atoms with E-state index in [-0.39, 0.29) is 11.9 Å². The van der Waals surface area contributed by atoms with Crippen LogP contribution in [0.5, 0.6) is 5.75 Å². The van der Waals surface area contributed by atoms with Gasteiger partial charge in [-0.15, -0.1) is 0 Å². The van der Waals surface area contributed by atoms with Crippen molar-refractivity contribution >= 4 is 23.2 Å². The fourth-order valence-electron chi connectivity index (χ4n) is 1.43. The van der Waals surface area contributed by atoms with E-state index in [1.54, 1.807) is 18.2 Å². The predicted octanol–water partition coefficient (Wildman–Crippen LogP) is 2.49. The van der Waals surface area contributed by atoms with Crippen molar-refractivity contribution < 1.29 is 9.53 Å². The summed E-state index contributed by atoms with van der Waals surface area (Å²) in [6.07, 6.45) is 0.940. The summed E-state index contributed by atoms with van der Waals surface area (Å²) in [5.41, 5.74) is 0.527. The maximum absolute atomic E-state index is 12.0. The van der Waals surface area contributed by atoms with Gasteiger partial charge in [0.2, 0.25) is 0 Å². The van der Waals surface area contributed by atoms with E-state index < -0.39 is 0 Å². The number of carbonyl (C=O) groups is 1. The molecule has 4 nitrogen and oxygen atoms in total. The molecule has 1 aromatic rings. The van der Waals surface area contributed by atoms with E-state index >= 15 is 0 Å². The Bertz CT molecular complexity index is 449. The fourth-order valence-corrected chi connectivity index (χ4v) is 1.72. The molecule has 0 fully saturated rings. The average Bonchev–Trinajstić information content (AvgIpc) is 2.39. The molecule has 0 radical (unpaired) electrons. The number of hydrogen-bond acceptors (Lipinski definition) is 3. The van der Waals surface area contributed by atoms with E-state index in [2.05, 4.69) is 10.6 Å². The summed E-state index contributed by atoms with van der Waals surface area (Å²) in [5, 5.41) is 6.04. The van der Waals surface area contributed by atoms with Gasteiger partial charge in [0.25, 0.3) is 5.91 Å². The minimum absolute atomic E-state index is 0.234. The standard InChI is InChI=1S/C14H20N2O2S/c1-4-10(3)15-14(19)16-13(17)11-7-6-8-12(9-11)18-5-2/h6-10H,4-5H2,1-3H3,(H2,15,16,17,19). The van der Waals surface area contributed by atoms with E-state index in [0.717, 1.165) is 6.42 Å². The first-order valence-corrected chi connectivity index (χ1v) is 6.82. The van der Waals surface area contributed by atoms with Crippen LogP contribution in [-0.4, -0.2) is 23.7 Å². The van der Waals surface area contributed by atoms with Crippen molar-refractivity contribution in [2.45, 2.75) is 33.2 Å². The lowest BCUT2D eigenvalue weighted by Crippen LogP contribution is -2.43. The Morgan fingerprint density at radius 1 is 1.42 bits per heavy atom. The normalized spacial score (nSPS) is 11.5. The molecular weight excluding hydrogens is 260 g/mol. The molecule has 1 atom stereocenters. The summed E-state index contributed by atoms with van der Waals surface area (Å²) in [4.78, 5) is 12.0. The van der Waals surface area contributed by atoms with Crippen LogP contribution < -0.4 is 15.4 Å². The summed E-state index contributed by atoms with van der Waals surface area (Å²) in [7, 11) is 0. The monoisotopic (exact) mass is 280 g/mol. The highest BCUT2D eigenvalue weighted by Crippen LogP contribution is 2.13. The van der Waals surface area contributed by atoms with Crippen LogP contribution in [0.2, 0.25) is 0 Å². The molecule has 2 N–H and O–H groups in total. The van der Waals surface area contributed by atoms with Crippen LogP contribution in [0.4, 0.5) is 0 Å². The first kappa shape index (κ1) is 15.4.